The number of carbonyl (C=O) groups is 1. The zero-order chi connectivity index (χ0) is 12.2. The maximum absolute atomic E-state index is 13.1. The van der Waals surface area contributed by atoms with Gasteiger partial charge in [-0.15, -0.1) is 0 Å². The van der Waals surface area contributed by atoms with Crippen LogP contribution in [0, 0.1) is 0 Å². The molecule has 0 heterocycles. The predicted octanol–water partition coefficient (Wildman–Crippen LogP) is 4.06. The average molecular weight is 248 g/mol. The molecule has 0 rings (SSSR count). The molecule has 0 aromatic carbocycles. The normalized spacial score (nSPS) is 11.6. The number of hydrogen-bond acceptors (Lipinski definition) is 3. The first-order chi connectivity index (χ1) is 7.66. The van der Waals surface area contributed by atoms with Gasteiger partial charge in [0.1, 0.15) is 6.61 Å². The monoisotopic (exact) mass is 248 g/mol. The summed E-state index contributed by atoms with van der Waals surface area (Å²) in [6.45, 7) is 3.52. The molecule has 2 nitrogen and oxygen atoms in total. The van der Waals surface area contributed by atoms with Crippen LogP contribution >= 0.6 is 11.8 Å². The van der Waals surface area contributed by atoms with E-state index in [-0.39, 0.29) is 17.7 Å². The van der Waals surface area contributed by atoms with Crippen LogP contribution in [0.2, 0.25) is 0 Å². The third-order valence-corrected chi connectivity index (χ3v) is 2.95. The Morgan fingerprint density at radius 1 is 1.31 bits per heavy atom. The van der Waals surface area contributed by atoms with Gasteiger partial charge in [0.05, 0.1) is 0 Å². The zero-order valence-corrected chi connectivity index (χ0v) is 10.9. The first-order valence-electron chi connectivity index (χ1n) is 5.78. The molecule has 0 saturated carbocycles. The van der Waals surface area contributed by atoms with Crippen molar-refractivity contribution in [2.45, 2.75) is 46.0 Å². The summed E-state index contributed by atoms with van der Waals surface area (Å²) in [5, 5.41) is -0.253. The summed E-state index contributed by atoms with van der Waals surface area (Å²) in [6.07, 6.45) is 7.23. The van der Waals surface area contributed by atoms with E-state index in [1.165, 1.54) is 44.0 Å². The third kappa shape index (κ3) is 11.6. The number of unbranched alkanes of at least 4 members (excludes halogenated alkanes) is 4. The van der Waals surface area contributed by atoms with Crippen molar-refractivity contribution in [3.8, 4) is 0 Å². The lowest BCUT2D eigenvalue weighted by Crippen LogP contribution is -1.97. The minimum absolute atomic E-state index is 0.0317. The Labute approximate surface area is 102 Å². The van der Waals surface area contributed by atoms with Gasteiger partial charge in [-0.3, -0.25) is 4.79 Å². The SMILES string of the molecule is CCCCCCCSC(F)=CCOC(C)=O. The van der Waals surface area contributed by atoms with Gasteiger partial charge in [-0.2, -0.15) is 4.39 Å². The van der Waals surface area contributed by atoms with Crippen molar-refractivity contribution >= 4 is 17.7 Å². The Morgan fingerprint density at radius 2 is 2.00 bits per heavy atom. The molecule has 0 bridgehead atoms. The molecule has 0 N–H and O–H groups in total. The van der Waals surface area contributed by atoms with Gasteiger partial charge in [-0.05, 0) is 12.5 Å². The van der Waals surface area contributed by atoms with Crippen molar-refractivity contribution in [3.63, 3.8) is 0 Å². The molecule has 0 spiro atoms. The first-order valence-corrected chi connectivity index (χ1v) is 6.77. The largest absolute Gasteiger partial charge is 0.462 e. The van der Waals surface area contributed by atoms with Gasteiger partial charge in [0.15, 0.2) is 5.16 Å². The molecular formula is C12H21FO2S. The van der Waals surface area contributed by atoms with Gasteiger partial charge < -0.3 is 4.74 Å². The molecule has 0 aliphatic heterocycles. The highest BCUT2D eigenvalue weighted by Gasteiger charge is 1.97. The van der Waals surface area contributed by atoms with Crippen LogP contribution in [-0.2, 0) is 9.53 Å². The Balaban J connectivity index is 3.35. The summed E-state index contributed by atoms with van der Waals surface area (Å²) in [7, 11) is 0. The quantitative estimate of drug-likeness (QED) is 0.454. The van der Waals surface area contributed by atoms with Crippen molar-refractivity contribution in [1.82, 2.24) is 0 Å². The van der Waals surface area contributed by atoms with E-state index in [9.17, 15) is 9.18 Å². The minimum atomic E-state index is -0.381. The number of rotatable bonds is 9. The molecule has 16 heavy (non-hydrogen) atoms. The van der Waals surface area contributed by atoms with E-state index in [0.29, 0.717) is 0 Å². The fourth-order valence-corrected chi connectivity index (χ4v) is 1.89. The minimum Gasteiger partial charge on any atom is -0.462 e. The standard InChI is InChI=1S/C12H21FO2S/c1-3-4-5-6-7-10-16-12(13)8-9-15-11(2)14/h8H,3-7,9-10H2,1-2H3. The van der Waals surface area contributed by atoms with Crippen LogP contribution in [0.15, 0.2) is 11.2 Å². The fourth-order valence-electron chi connectivity index (χ4n) is 1.16. The molecule has 0 aliphatic rings. The lowest BCUT2D eigenvalue weighted by Gasteiger charge is -2.00. The number of halogens is 1. The predicted molar refractivity (Wildman–Crippen MR) is 67.0 cm³/mol. The summed E-state index contributed by atoms with van der Waals surface area (Å²) >= 11 is 1.19. The molecule has 0 saturated heterocycles. The maximum Gasteiger partial charge on any atom is 0.302 e. The van der Waals surface area contributed by atoms with Gasteiger partial charge in [0, 0.05) is 12.7 Å². The van der Waals surface area contributed by atoms with E-state index in [1.807, 2.05) is 0 Å². The molecule has 0 atom stereocenters. The van der Waals surface area contributed by atoms with E-state index in [1.54, 1.807) is 0 Å². The Kier molecular flexibility index (Phi) is 10.6. The lowest BCUT2D eigenvalue weighted by atomic mass is 10.2. The Hall–Kier alpha value is -0.510. The van der Waals surface area contributed by atoms with E-state index in [4.69, 9.17) is 0 Å². The summed E-state index contributed by atoms with van der Waals surface area (Å²) in [6, 6.07) is 0. The van der Waals surface area contributed by atoms with Crippen LogP contribution in [0.3, 0.4) is 0 Å². The number of carbonyl (C=O) groups excluding carboxylic acids is 1. The van der Waals surface area contributed by atoms with E-state index < -0.39 is 0 Å². The highest BCUT2D eigenvalue weighted by molar-refractivity contribution is 8.02. The zero-order valence-electron chi connectivity index (χ0n) is 10.1. The molecule has 0 aromatic rings. The molecule has 94 valence electrons. The lowest BCUT2D eigenvalue weighted by molar-refractivity contribution is -0.139. The van der Waals surface area contributed by atoms with Crippen LogP contribution < -0.4 is 0 Å². The van der Waals surface area contributed by atoms with Crippen molar-refractivity contribution in [3.05, 3.63) is 11.2 Å². The van der Waals surface area contributed by atoms with Crippen LogP contribution in [0.5, 0.6) is 0 Å². The van der Waals surface area contributed by atoms with Gasteiger partial charge in [-0.25, -0.2) is 0 Å². The van der Waals surface area contributed by atoms with Crippen molar-refractivity contribution < 1.29 is 13.9 Å². The number of hydrogen-bond donors (Lipinski definition) is 0. The molecule has 0 amide bonds. The van der Waals surface area contributed by atoms with Crippen LogP contribution in [0.1, 0.15) is 46.0 Å². The number of thioether (sulfide) groups is 1. The second kappa shape index (κ2) is 11.0. The summed E-state index contributed by atoms with van der Waals surface area (Å²) in [5.41, 5.74) is 0. The topological polar surface area (TPSA) is 26.3 Å². The smallest absolute Gasteiger partial charge is 0.302 e. The molecule has 0 aliphatic carbocycles. The Morgan fingerprint density at radius 3 is 2.62 bits per heavy atom. The second-order valence-electron chi connectivity index (χ2n) is 3.57. The molecular weight excluding hydrogens is 227 g/mol. The third-order valence-electron chi connectivity index (χ3n) is 2.02. The maximum atomic E-state index is 13.1. The molecule has 0 unspecified atom stereocenters. The van der Waals surface area contributed by atoms with E-state index >= 15 is 0 Å². The Bertz CT molecular complexity index is 217. The number of ether oxygens (including phenoxy) is 1. The highest BCUT2D eigenvalue weighted by atomic mass is 32.2. The number of esters is 1. The van der Waals surface area contributed by atoms with E-state index in [0.717, 1.165) is 18.6 Å². The van der Waals surface area contributed by atoms with Gasteiger partial charge in [0.25, 0.3) is 0 Å². The van der Waals surface area contributed by atoms with Gasteiger partial charge in [-0.1, -0.05) is 44.4 Å². The van der Waals surface area contributed by atoms with Crippen LogP contribution in [0.4, 0.5) is 4.39 Å². The van der Waals surface area contributed by atoms with Crippen LogP contribution in [-0.4, -0.2) is 18.3 Å². The van der Waals surface area contributed by atoms with Crippen molar-refractivity contribution in [2.75, 3.05) is 12.4 Å². The average Bonchev–Trinajstić information content (AvgIpc) is 2.22. The van der Waals surface area contributed by atoms with Crippen LogP contribution in [0.25, 0.3) is 0 Å². The van der Waals surface area contributed by atoms with Gasteiger partial charge >= 0.3 is 5.97 Å². The van der Waals surface area contributed by atoms with Crippen molar-refractivity contribution in [2.24, 2.45) is 0 Å². The summed E-state index contributed by atoms with van der Waals surface area (Å²) in [5.74, 6) is 0.417. The molecule has 4 heteroatoms. The van der Waals surface area contributed by atoms with E-state index in [2.05, 4.69) is 11.7 Å². The first kappa shape index (κ1) is 15.5. The molecule has 0 aromatic heterocycles. The molecule has 0 radical (unpaired) electrons. The summed E-state index contributed by atoms with van der Waals surface area (Å²) < 4.78 is 17.7. The van der Waals surface area contributed by atoms with Gasteiger partial charge in [0.2, 0.25) is 0 Å². The second-order valence-corrected chi connectivity index (χ2v) is 4.66. The van der Waals surface area contributed by atoms with Crippen molar-refractivity contribution in [1.29, 1.82) is 0 Å². The summed E-state index contributed by atoms with van der Waals surface area (Å²) in [4.78, 5) is 10.4. The fraction of sp³-hybridized carbons (Fsp3) is 0.750. The highest BCUT2D eigenvalue weighted by Crippen LogP contribution is 2.19. The molecule has 0 fully saturated rings.